The second kappa shape index (κ2) is 6.39. The summed E-state index contributed by atoms with van der Waals surface area (Å²) in [7, 11) is 0. The molecule has 130 valence electrons. The van der Waals surface area contributed by atoms with Crippen molar-refractivity contribution in [2.45, 2.75) is 45.6 Å². The van der Waals surface area contributed by atoms with Crippen LogP contribution in [-0.2, 0) is 12.8 Å². The van der Waals surface area contributed by atoms with Gasteiger partial charge in [-0.25, -0.2) is 0 Å². The third kappa shape index (κ3) is 3.06. The number of rotatable bonds is 4. The van der Waals surface area contributed by atoms with Gasteiger partial charge in [0.1, 0.15) is 5.69 Å². The molecule has 3 N–H and O–H groups in total. The monoisotopic (exact) mass is 336 g/mol. The number of nitrogens with one attached hydrogen (secondary N) is 3. The van der Waals surface area contributed by atoms with E-state index in [1.807, 2.05) is 12.1 Å². The maximum Gasteiger partial charge on any atom is 0.272 e. The summed E-state index contributed by atoms with van der Waals surface area (Å²) in [4.78, 5) is 16.1. The van der Waals surface area contributed by atoms with Crippen LogP contribution in [0.4, 0.5) is 0 Å². The molecule has 5 nitrogen and oxygen atoms in total. The molecule has 1 aromatic carbocycles. The van der Waals surface area contributed by atoms with E-state index in [0.717, 1.165) is 42.6 Å². The molecule has 4 rings (SSSR count). The number of carbonyl (C=O) groups is 1. The summed E-state index contributed by atoms with van der Waals surface area (Å²) in [6.45, 7) is 4.31. The van der Waals surface area contributed by atoms with Crippen LogP contribution in [0.3, 0.4) is 0 Å². The highest BCUT2D eigenvalue weighted by Gasteiger charge is 2.26. The summed E-state index contributed by atoms with van der Waals surface area (Å²) in [5.74, 6) is 0.423. The average molecular weight is 336 g/mol. The largest absolute Gasteiger partial charge is 0.356 e. The van der Waals surface area contributed by atoms with Crippen molar-refractivity contribution in [1.82, 2.24) is 20.5 Å². The lowest BCUT2D eigenvalue weighted by atomic mass is 9.91. The van der Waals surface area contributed by atoms with E-state index in [9.17, 15) is 4.79 Å². The van der Waals surface area contributed by atoms with Gasteiger partial charge < -0.3 is 10.3 Å². The number of hydrogen-bond donors (Lipinski definition) is 3. The minimum Gasteiger partial charge on any atom is -0.356 e. The lowest BCUT2D eigenvalue weighted by Crippen LogP contribution is -2.31. The van der Waals surface area contributed by atoms with E-state index in [4.69, 9.17) is 0 Å². The maximum atomic E-state index is 12.6. The smallest absolute Gasteiger partial charge is 0.272 e. The Morgan fingerprint density at radius 2 is 2.20 bits per heavy atom. The summed E-state index contributed by atoms with van der Waals surface area (Å²) in [5, 5.41) is 11.6. The Morgan fingerprint density at radius 1 is 1.36 bits per heavy atom. The number of aryl methyl sites for hydroxylation is 1. The first kappa shape index (κ1) is 15.9. The van der Waals surface area contributed by atoms with Crippen LogP contribution in [-0.4, -0.2) is 21.1 Å². The lowest BCUT2D eigenvalue weighted by molar-refractivity contribution is 0.0927. The van der Waals surface area contributed by atoms with Crippen LogP contribution < -0.4 is 5.32 Å². The molecule has 0 unspecified atom stereocenters. The van der Waals surface area contributed by atoms with Gasteiger partial charge in [0, 0.05) is 22.3 Å². The van der Waals surface area contributed by atoms with Crippen LogP contribution >= 0.6 is 0 Å². The molecular formula is C20H24N4O. The van der Waals surface area contributed by atoms with Gasteiger partial charge in [-0.05, 0) is 49.3 Å². The van der Waals surface area contributed by atoms with Crippen molar-refractivity contribution >= 4 is 16.8 Å². The van der Waals surface area contributed by atoms with E-state index in [-0.39, 0.29) is 11.9 Å². The van der Waals surface area contributed by atoms with Crippen molar-refractivity contribution in [2.24, 2.45) is 5.92 Å². The van der Waals surface area contributed by atoms with Crippen molar-refractivity contribution in [2.75, 3.05) is 0 Å². The lowest BCUT2D eigenvalue weighted by Gasteiger charge is -2.23. The number of para-hydroxylation sites is 1. The molecule has 25 heavy (non-hydrogen) atoms. The highest BCUT2D eigenvalue weighted by Crippen LogP contribution is 2.34. The number of benzene rings is 1. The van der Waals surface area contributed by atoms with Crippen LogP contribution in [0.2, 0.25) is 0 Å². The maximum absolute atomic E-state index is 12.6. The number of amides is 1. The van der Waals surface area contributed by atoms with E-state index in [1.165, 1.54) is 10.9 Å². The first-order chi connectivity index (χ1) is 12.1. The fourth-order valence-corrected chi connectivity index (χ4v) is 3.81. The number of hydrogen-bond acceptors (Lipinski definition) is 2. The Kier molecular flexibility index (Phi) is 4.07. The summed E-state index contributed by atoms with van der Waals surface area (Å²) >= 11 is 0. The molecule has 0 saturated heterocycles. The molecule has 0 bridgehead atoms. The molecule has 1 aliphatic carbocycles. The zero-order valence-corrected chi connectivity index (χ0v) is 14.7. The van der Waals surface area contributed by atoms with Gasteiger partial charge >= 0.3 is 0 Å². The molecule has 5 heteroatoms. The molecule has 0 fully saturated rings. The van der Waals surface area contributed by atoms with Crippen LogP contribution in [0.15, 0.2) is 30.3 Å². The predicted molar refractivity (Wildman–Crippen MR) is 98.6 cm³/mol. The number of aromatic amines is 2. The standard InChI is InChI=1S/C20H24N4O/c1-12(2)10-13-11-18(24-23-13)20(25)22-17-9-5-7-15-14-6-3-4-8-16(14)21-19(15)17/h3-4,6,8,11-12,17,21H,5,7,9-10H2,1-2H3,(H,22,25)(H,23,24)/t17-/m1/s1. The molecule has 0 spiro atoms. The molecule has 0 radical (unpaired) electrons. The van der Waals surface area contributed by atoms with Crippen molar-refractivity contribution < 1.29 is 4.79 Å². The molecule has 2 heterocycles. The van der Waals surface area contributed by atoms with E-state index in [2.05, 4.69) is 52.5 Å². The normalized spacial score (nSPS) is 17.0. The van der Waals surface area contributed by atoms with Gasteiger partial charge in [-0.2, -0.15) is 5.10 Å². The summed E-state index contributed by atoms with van der Waals surface area (Å²) in [6, 6.07) is 10.2. The SMILES string of the molecule is CC(C)Cc1cc(C(=O)N[C@@H]2CCCc3c2[nH]c2ccccc32)n[nH]1. The number of H-pyrrole nitrogens is 2. The van der Waals surface area contributed by atoms with Gasteiger partial charge in [-0.1, -0.05) is 32.0 Å². The fourth-order valence-electron chi connectivity index (χ4n) is 3.81. The van der Waals surface area contributed by atoms with Crippen molar-refractivity contribution in [3.05, 3.63) is 53.0 Å². The zero-order valence-electron chi connectivity index (χ0n) is 14.7. The second-order valence-corrected chi connectivity index (χ2v) is 7.36. The van der Waals surface area contributed by atoms with Gasteiger partial charge in [-0.3, -0.25) is 9.89 Å². The highest BCUT2D eigenvalue weighted by molar-refractivity contribution is 5.93. The Balaban J connectivity index is 1.56. The Morgan fingerprint density at radius 3 is 3.04 bits per heavy atom. The van der Waals surface area contributed by atoms with Crippen LogP contribution in [0, 0.1) is 5.92 Å². The molecule has 1 amide bonds. The van der Waals surface area contributed by atoms with E-state index in [1.54, 1.807) is 0 Å². The number of aromatic nitrogens is 3. The van der Waals surface area contributed by atoms with Gasteiger partial charge in [0.05, 0.1) is 6.04 Å². The topological polar surface area (TPSA) is 73.6 Å². The Hall–Kier alpha value is -2.56. The van der Waals surface area contributed by atoms with Crippen molar-refractivity contribution in [3.63, 3.8) is 0 Å². The van der Waals surface area contributed by atoms with E-state index < -0.39 is 0 Å². The summed E-state index contributed by atoms with van der Waals surface area (Å²) in [5.41, 5.74) is 5.12. The molecule has 0 saturated carbocycles. The molecule has 1 aliphatic rings. The summed E-state index contributed by atoms with van der Waals surface area (Å²) < 4.78 is 0. The molecule has 2 aromatic heterocycles. The van der Waals surface area contributed by atoms with Gasteiger partial charge in [-0.15, -0.1) is 0 Å². The number of nitrogens with zero attached hydrogens (tertiary/aromatic N) is 1. The summed E-state index contributed by atoms with van der Waals surface area (Å²) in [6.07, 6.45) is 4.00. The van der Waals surface area contributed by atoms with Crippen molar-refractivity contribution in [1.29, 1.82) is 0 Å². The van der Waals surface area contributed by atoms with Gasteiger partial charge in [0.15, 0.2) is 0 Å². The molecule has 0 aliphatic heterocycles. The second-order valence-electron chi connectivity index (χ2n) is 7.36. The number of fused-ring (bicyclic) bond motifs is 3. The molecule has 3 aromatic rings. The van der Waals surface area contributed by atoms with Crippen molar-refractivity contribution in [3.8, 4) is 0 Å². The Labute approximate surface area is 147 Å². The van der Waals surface area contributed by atoms with Gasteiger partial charge in [0.2, 0.25) is 0 Å². The number of carbonyl (C=O) groups excluding carboxylic acids is 1. The quantitative estimate of drug-likeness (QED) is 0.676. The van der Waals surface area contributed by atoms with Crippen LogP contribution in [0.1, 0.15) is 60.2 Å². The van der Waals surface area contributed by atoms with Gasteiger partial charge in [0.25, 0.3) is 5.91 Å². The first-order valence-corrected chi connectivity index (χ1v) is 9.06. The highest BCUT2D eigenvalue weighted by atomic mass is 16.2. The minimum atomic E-state index is -0.109. The molecule has 1 atom stereocenters. The third-order valence-electron chi connectivity index (χ3n) is 4.91. The van der Waals surface area contributed by atoms with Crippen LogP contribution in [0.5, 0.6) is 0 Å². The fraction of sp³-hybridized carbons (Fsp3) is 0.400. The minimum absolute atomic E-state index is 0.0221. The third-order valence-corrected chi connectivity index (χ3v) is 4.91. The first-order valence-electron chi connectivity index (χ1n) is 9.06. The van der Waals surface area contributed by atoms with E-state index >= 15 is 0 Å². The van der Waals surface area contributed by atoms with Crippen LogP contribution in [0.25, 0.3) is 10.9 Å². The predicted octanol–water partition coefficient (Wildman–Crippen LogP) is 3.90. The Bertz CT molecular complexity index is 905. The molecular weight excluding hydrogens is 312 g/mol. The van der Waals surface area contributed by atoms with E-state index in [0.29, 0.717) is 11.6 Å². The zero-order chi connectivity index (χ0) is 17.4. The average Bonchev–Trinajstić information content (AvgIpc) is 3.19.